The van der Waals surface area contributed by atoms with Gasteiger partial charge >= 0.3 is 0 Å². The molecule has 2 unspecified atom stereocenters. The van der Waals surface area contributed by atoms with Crippen molar-refractivity contribution in [1.82, 2.24) is 0 Å². The van der Waals surface area contributed by atoms with E-state index in [0.29, 0.717) is 5.92 Å². The molecule has 0 bridgehead atoms. The third kappa shape index (κ3) is 2.92. The standard InChI is InChI=1S/C25H21Cl/c1-18-24(25(18,2)21-13-15-22(26)16-14-21)17-23(19-9-5-3-6-10-19)20-11-7-4-8-12-20/h3-16,18H,1-2H3. The van der Waals surface area contributed by atoms with E-state index in [4.69, 9.17) is 11.6 Å². The zero-order chi connectivity index (χ0) is 18.1. The Hall–Kier alpha value is -2.53. The molecule has 1 aliphatic rings. The Morgan fingerprint density at radius 3 is 1.81 bits per heavy atom. The molecule has 0 aromatic heterocycles. The van der Waals surface area contributed by atoms with Crippen LogP contribution in [0.25, 0.3) is 5.57 Å². The maximum absolute atomic E-state index is 6.07. The summed E-state index contributed by atoms with van der Waals surface area (Å²) in [6.07, 6.45) is 0. The van der Waals surface area contributed by atoms with Crippen LogP contribution in [0.4, 0.5) is 0 Å². The van der Waals surface area contributed by atoms with E-state index >= 15 is 0 Å². The minimum Gasteiger partial charge on any atom is -0.111 e. The first-order valence-electron chi connectivity index (χ1n) is 8.99. The lowest BCUT2D eigenvalue weighted by Crippen LogP contribution is -2.02. The monoisotopic (exact) mass is 356 g/mol. The molecule has 1 aliphatic carbocycles. The fourth-order valence-corrected chi connectivity index (χ4v) is 3.85. The molecule has 0 N–H and O–H groups in total. The molecule has 3 aromatic carbocycles. The van der Waals surface area contributed by atoms with Gasteiger partial charge in [0.15, 0.2) is 0 Å². The molecule has 0 heterocycles. The maximum Gasteiger partial charge on any atom is 0.0406 e. The largest absolute Gasteiger partial charge is 0.111 e. The second kappa shape index (κ2) is 6.65. The molecule has 1 fully saturated rings. The Morgan fingerprint density at radius 2 is 1.31 bits per heavy atom. The van der Waals surface area contributed by atoms with Crippen LogP contribution in [0.3, 0.4) is 0 Å². The van der Waals surface area contributed by atoms with Crippen molar-refractivity contribution in [1.29, 1.82) is 0 Å². The lowest BCUT2D eigenvalue weighted by molar-refractivity contribution is 0.707. The van der Waals surface area contributed by atoms with Crippen LogP contribution in [-0.2, 0) is 5.41 Å². The highest BCUT2D eigenvalue weighted by Crippen LogP contribution is 2.59. The van der Waals surface area contributed by atoms with Crippen molar-refractivity contribution in [2.24, 2.45) is 5.92 Å². The molecule has 0 spiro atoms. The van der Waals surface area contributed by atoms with E-state index in [1.54, 1.807) is 0 Å². The highest BCUT2D eigenvalue weighted by atomic mass is 35.5. The van der Waals surface area contributed by atoms with Crippen LogP contribution in [0, 0.1) is 5.92 Å². The summed E-state index contributed by atoms with van der Waals surface area (Å²) in [7, 11) is 0. The molecule has 3 aromatic rings. The number of allylic oxidation sites excluding steroid dienone is 1. The third-order valence-corrected chi connectivity index (χ3v) is 5.86. The minimum absolute atomic E-state index is 0.0272. The van der Waals surface area contributed by atoms with Crippen molar-refractivity contribution in [3.63, 3.8) is 0 Å². The number of hydrogen-bond acceptors (Lipinski definition) is 0. The zero-order valence-corrected chi connectivity index (χ0v) is 15.8. The van der Waals surface area contributed by atoms with Crippen LogP contribution in [0.1, 0.15) is 30.5 Å². The zero-order valence-electron chi connectivity index (χ0n) is 15.0. The van der Waals surface area contributed by atoms with Gasteiger partial charge in [-0.05, 0) is 40.3 Å². The molecule has 1 heteroatoms. The van der Waals surface area contributed by atoms with Crippen molar-refractivity contribution in [3.05, 3.63) is 118 Å². The molecule has 26 heavy (non-hydrogen) atoms. The van der Waals surface area contributed by atoms with Gasteiger partial charge in [0, 0.05) is 16.0 Å². The summed E-state index contributed by atoms with van der Waals surface area (Å²) in [6, 6.07) is 29.3. The number of rotatable bonds is 3. The van der Waals surface area contributed by atoms with E-state index in [2.05, 4.69) is 92.4 Å². The highest BCUT2D eigenvalue weighted by Gasteiger charge is 2.54. The van der Waals surface area contributed by atoms with Crippen LogP contribution in [0.15, 0.2) is 96.2 Å². The normalized spacial score (nSPS) is 21.2. The minimum atomic E-state index is 0.0272. The molecule has 1 saturated carbocycles. The first-order valence-corrected chi connectivity index (χ1v) is 9.36. The molecular formula is C25H21Cl. The molecule has 0 aliphatic heterocycles. The summed E-state index contributed by atoms with van der Waals surface area (Å²) in [5.74, 6) is 0.464. The molecule has 0 nitrogen and oxygen atoms in total. The summed E-state index contributed by atoms with van der Waals surface area (Å²) in [4.78, 5) is 0. The molecule has 0 saturated heterocycles. The van der Waals surface area contributed by atoms with Crippen LogP contribution < -0.4 is 0 Å². The predicted molar refractivity (Wildman–Crippen MR) is 110 cm³/mol. The predicted octanol–water partition coefficient (Wildman–Crippen LogP) is 6.90. The third-order valence-electron chi connectivity index (χ3n) is 5.60. The summed E-state index contributed by atoms with van der Waals surface area (Å²) >= 11 is 6.07. The van der Waals surface area contributed by atoms with Crippen molar-refractivity contribution in [3.8, 4) is 0 Å². The number of hydrogen-bond donors (Lipinski definition) is 0. The van der Waals surface area contributed by atoms with Crippen LogP contribution in [-0.4, -0.2) is 0 Å². The Bertz CT molecular complexity index is 936. The van der Waals surface area contributed by atoms with Crippen molar-refractivity contribution in [2.75, 3.05) is 0 Å². The molecular weight excluding hydrogens is 336 g/mol. The van der Waals surface area contributed by atoms with E-state index in [0.717, 1.165) is 10.6 Å². The summed E-state index contributed by atoms with van der Waals surface area (Å²) in [5, 5.41) is 0.779. The smallest absolute Gasteiger partial charge is 0.0406 e. The van der Waals surface area contributed by atoms with E-state index in [9.17, 15) is 0 Å². The maximum atomic E-state index is 6.07. The Morgan fingerprint density at radius 1 is 0.808 bits per heavy atom. The topological polar surface area (TPSA) is 0 Å². The lowest BCUT2D eigenvalue weighted by atomic mass is 9.94. The summed E-state index contributed by atoms with van der Waals surface area (Å²) in [5.41, 5.74) is 10.0. The van der Waals surface area contributed by atoms with Crippen LogP contribution >= 0.6 is 11.6 Å². The Balaban J connectivity index is 1.88. The van der Waals surface area contributed by atoms with Gasteiger partial charge in [0.05, 0.1) is 0 Å². The van der Waals surface area contributed by atoms with Crippen molar-refractivity contribution in [2.45, 2.75) is 19.3 Å². The van der Waals surface area contributed by atoms with Gasteiger partial charge < -0.3 is 0 Å². The van der Waals surface area contributed by atoms with Crippen LogP contribution in [0.2, 0.25) is 5.02 Å². The van der Waals surface area contributed by atoms with Gasteiger partial charge in [-0.1, -0.05) is 98.2 Å². The van der Waals surface area contributed by atoms with Gasteiger partial charge in [0.1, 0.15) is 0 Å². The van der Waals surface area contributed by atoms with Gasteiger partial charge in [-0.2, -0.15) is 0 Å². The lowest BCUT2D eigenvalue weighted by Gasteiger charge is -2.09. The van der Waals surface area contributed by atoms with Crippen molar-refractivity contribution >= 4 is 17.2 Å². The van der Waals surface area contributed by atoms with E-state index in [1.807, 2.05) is 12.1 Å². The first kappa shape index (κ1) is 16.9. The second-order valence-electron chi connectivity index (χ2n) is 7.08. The fraction of sp³-hybridized carbons (Fsp3) is 0.160. The van der Waals surface area contributed by atoms with Gasteiger partial charge in [0.25, 0.3) is 0 Å². The summed E-state index contributed by atoms with van der Waals surface area (Å²) < 4.78 is 0. The number of benzene rings is 3. The average molecular weight is 357 g/mol. The van der Waals surface area contributed by atoms with E-state index in [1.165, 1.54) is 22.3 Å². The molecule has 0 radical (unpaired) electrons. The van der Waals surface area contributed by atoms with Crippen LogP contribution in [0.5, 0.6) is 0 Å². The molecule has 4 rings (SSSR count). The van der Waals surface area contributed by atoms with Gasteiger partial charge in [-0.15, -0.1) is 5.73 Å². The van der Waals surface area contributed by atoms with Gasteiger partial charge in [-0.25, -0.2) is 0 Å². The Labute approximate surface area is 160 Å². The van der Waals surface area contributed by atoms with Gasteiger partial charge in [0.2, 0.25) is 0 Å². The van der Waals surface area contributed by atoms with E-state index < -0.39 is 0 Å². The quantitative estimate of drug-likeness (QED) is 0.447. The molecule has 0 amide bonds. The average Bonchev–Trinajstić information content (AvgIpc) is 3.22. The summed E-state index contributed by atoms with van der Waals surface area (Å²) in [6.45, 7) is 4.58. The number of halogens is 1. The Kier molecular flexibility index (Phi) is 4.32. The molecule has 128 valence electrons. The van der Waals surface area contributed by atoms with E-state index in [-0.39, 0.29) is 5.41 Å². The first-order chi connectivity index (χ1) is 12.6. The second-order valence-corrected chi connectivity index (χ2v) is 7.51. The fourth-order valence-electron chi connectivity index (χ4n) is 3.72. The SMILES string of the molecule is CC1C(=C=C(c2ccccc2)c2ccccc2)C1(C)c1ccc(Cl)cc1. The molecule has 2 atom stereocenters. The van der Waals surface area contributed by atoms with Gasteiger partial charge in [-0.3, -0.25) is 0 Å². The highest BCUT2D eigenvalue weighted by molar-refractivity contribution is 6.30. The van der Waals surface area contributed by atoms with Crippen molar-refractivity contribution < 1.29 is 0 Å².